The Morgan fingerprint density at radius 1 is 1.56 bits per heavy atom. The molecule has 8 heteroatoms. The molecule has 1 fully saturated rings. The van der Waals surface area contributed by atoms with Crippen LogP contribution in [0.4, 0.5) is 5.82 Å². The third-order valence-electron chi connectivity index (χ3n) is 2.63. The maximum Gasteiger partial charge on any atom is 1.00 e. The van der Waals surface area contributed by atoms with Crippen molar-refractivity contribution in [2.45, 2.75) is 4.90 Å². The topological polar surface area (TPSA) is 50.3 Å². The first-order valence-electron chi connectivity index (χ1n) is 5.11. The average Bonchev–Trinajstić information content (AvgIpc) is 2.15. The van der Waals surface area contributed by atoms with Gasteiger partial charge in [-0.3, -0.25) is 0 Å². The Hall–Kier alpha value is 0.410. The molecule has 1 aliphatic heterocycles. The molecular formula is C10H12ClN2NaO2S2. The molecule has 0 N–H and O–H groups in total. The first kappa shape index (κ1) is 16.5. The van der Waals surface area contributed by atoms with Crippen LogP contribution in [-0.2, 0) is 22.5 Å². The van der Waals surface area contributed by atoms with Crippen LogP contribution in [0.5, 0.6) is 0 Å². The number of anilines is 1. The van der Waals surface area contributed by atoms with E-state index < -0.39 is 9.84 Å². The Labute approximate surface area is 140 Å². The van der Waals surface area contributed by atoms with E-state index in [2.05, 4.69) is 4.98 Å². The van der Waals surface area contributed by atoms with E-state index in [1.807, 2.05) is 4.90 Å². The minimum Gasteiger partial charge on any atom is -0.778 e. The van der Waals surface area contributed by atoms with Crippen LogP contribution in [0.25, 0.3) is 0 Å². The van der Waals surface area contributed by atoms with Gasteiger partial charge in [-0.05, 0) is 0 Å². The fraction of sp³-hybridized carbons (Fsp3) is 0.500. The molecule has 94 valence electrons. The van der Waals surface area contributed by atoms with Crippen molar-refractivity contribution in [3.63, 3.8) is 0 Å². The van der Waals surface area contributed by atoms with Crippen LogP contribution < -0.4 is 34.5 Å². The van der Waals surface area contributed by atoms with Crippen molar-refractivity contribution in [2.75, 3.05) is 30.0 Å². The SMILES string of the molecule is CS(=O)(=O)CC1CN(c2nccc([S-])c2Cl)C1.[Na+]. The molecule has 1 aromatic rings. The van der Waals surface area contributed by atoms with Gasteiger partial charge in [0, 0.05) is 31.5 Å². The number of hydrogen-bond donors (Lipinski definition) is 0. The van der Waals surface area contributed by atoms with Crippen LogP contribution in [0, 0.1) is 5.92 Å². The minimum absolute atomic E-state index is 0. The molecular weight excluding hydrogens is 303 g/mol. The summed E-state index contributed by atoms with van der Waals surface area (Å²) >= 11 is 11.1. The molecule has 1 aliphatic rings. The van der Waals surface area contributed by atoms with Gasteiger partial charge in [-0.25, -0.2) is 13.4 Å². The fourth-order valence-electron chi connectivity index (χ4n) is 1.91. The summed E-state index contributed by atoms with van der Waals surface area (Å²) in [5, 5.41) is 0.473. The second-order valence-electron chi connectivity index (χ2n) is 4.31. The molecule has 18 heavy (non-hydrogen) atoms. The van der Waals surface area contributed by atoms with Crippen molar-refractivity contribution in [1.82, 2.24) is 4.98 Å². The van der Waals surface area contributed by atoms with Gasteiger partial charge in [-0.2, -0.15) is 4.90 Å². The van der Waals surface area contributed by atoms with E-state index in [4.69, 9.17) is 24.2 Å². The molecule has 0 atom stereocenters. The largest absolute Gasteiger partial charge is 1.00 e. The van der Waals surface area contributed by atoms with Gasteiger partial charge < -0.3 is 17.5 Å². The molecule has 0 amide bonds. The van der Waals surface area contributed by atoms with E-state index in [0.29, 0.717) is 28.8 Å². The molecule has 0 saturated carbocycles. The summed E-state index contributed by atoms with van der Waals surface area (Å²) in [5.74, 6) is 1.04. The summed E-state index contributed by atoms with van der Waals surface area (Å²) in [7, 11) is -2.91. The van der Waals surface area contributed by atoms with Crippen LogP contribution in [0.2, 0.25) is 5.02 Å². The molecule has 1 aromatic heterocycles. The molecule has 1 saturated heterocycles. The first-order valence-corrected chi connectivity index (χ1v) is 7.95. The summed E-state index contributed by atoms with van der Waals surface area (Å²) in [6.07, 6.45) is 2.87. The van der Waals surface area contributed by atoms with E-state index in [1.165, 1.54) is 6.26 Å². The summed E-state index contributed by atoms with van der Waals surface area (Å²) in [5.41, 5.74) is 0. The molecule has 0 aliphatic carbocycles. The average molecular weight is 315 g/mol. The normalized spacial score (nSPS) is 16.0. The standard InChI is InChI=1S/C10H13ClN2O2S2.Na/c1-17(14,15)6-7-4-13(5-7)10-9(11)8(16)2-3-12-10;/h2-3,7H,4-6H2,1H3,(H,12,16);/q;+1/p-1. The zero-order valence-electron chi connectivity index (χ0n) is 10.3. The molecule has 0 unspecified atom stereocenters. The number of hydrogen-bond acceptors (Lipinski definition) is 5. The van der Waals surface area contributed by atoms with Crippen molar-refractivity contribution in [3.05, 3.63) is 17.3 Å². The molecule has 4 nitrogen and oxygen atoms in total. The van der Waals surface area contributed by atoms with Gasteiger partial charge in [0.25, 0.3) is 0 Å². The van der Waals surface area contributed by atoms with Crippen molar-refractivity contribution in [1.29, 1.82) is 0 Å². The van der Waals surface area contributed by atoms with E-state index >= 15 is 0 Å². The summed E-state index contributed by atoms with van der Waals surface area (Å²) in [6.45, 7) is 1.33. The van der Waals surface area contributed by atoms with Crippen molar-refractivity contribution in [2.24, 2.45) is 5.92 Å². The van der Waals surface area contributed by atoms with Crippen molar-refractivity contribution < 1.29 is 38.0 Å². The number of rotatable bonds is 3. The third kappa shape index (κ3) is 3.95. The van der Waals surface area contributed by atoms with Crippen molar-refractivity contribution >= 4 is 39.9 Å². The molecule has 0 aromatic carbocycles. The summed E-state index contributed by atoms with van der Waals surface area (Å²) in [6, 6.07) is 1.68. The number of aromatic nitrogens is 1. The zero-order chi connectivity index (χ0) is 12.6. The third-order valence-corrected chi connectivity index (χ3v) is 4.53. The number of sulfone groups is 1. The first-order chi connectivity index (χ1) is 7.87. The van der Waals surface area contributed by atoms with Crippen LogP contribution in [0.15, 0.2) is 17.2 Å². The number of halogens is 1. The summed E-state index contributed by atoms with van der Waals surface area (Å²) in [4.78, 5) is 6.69. The Bertz CT molecular complexity index is 533. The van der Waals surface area contributed by atoms with Crippen LogP contribution in [0.1, 0.15) is 0 Å². The molecule has 0 radical (unpaired) electrons. The Morgan fingerprint density at radius 2 is 2.17 bits per heavy atom. The Kier molecular flexibility index (Phi) is 5.71. The van der Waals surface area contributed by atoms with Crippen LogP contribution in [0.3, 0.4) is 0 Å². The smallest absolute Gasteiger partial charge is 0.778 e. The quantitative estimate of drug-likeness (QED) is 0.483. The molecule has 2 rings (SSSR count). The Morgan fingerprint density at radius 3 is 2.72 bits per heavy atom. The Balaban J connectivity index is 0.00000162. The number of pyridine rings is 1. The maximum absolute atomic E-state index is 11.1. The second-order valence-corrected chi connectivity index (χ2v) is 7.31. The maximum atomic E-state index is 11.1. The van der Waals surface area contributed by atoms with Crippen LogP contribution >= 0.6 is 11.6 Å². The van der Waals surface area contributed by atoms with Gasteiger partial charge in [0.05, 0.1) is 10.8 Å². The monoisotopic (exact) mass is 314 g/mol. The van der Waals surface area contributed by atoms with Gasteiger partial charge >= 0.3 is 29.6 Å². The van der Waals surface area contributed by atoms with Gasteiger partial charge in [0.2, 0.25) is 0 Å². The summed E-state index contributed by atoms with van der Waals surface area (Å²) < 4.78 is 22.2. The molecule has 0 spiro atoms. The van der Waals surface area contributed by atoms with E-state index in [0.717, 1.165) is 0 Å². The van der Waals surface area contributed by atoms with E-state index in [1.54, 1.807) is 12.3 Å². The predicted molar refractivity (Wildman–Crippen MR) is 70.3 cm³/mol. The zero-order valence-corrected chi connectivity index (χ0v) is 14.6. The fourth-order valence-corrected chi connectivity index (χ4v) is 3.36. The molecule has 0 bridgehead atoms. The van der Waals surface area contributed by atoms with Crippen molar-refractivity contribution in [3.8, 4) is 0 Å². The van der Waals surface area contributed by atoms with Gasteiger partial charge in [0.15, 0.2) is 0 Å². The predicted octanol–water partition coefficient (Wildman–Crippen LogP) is -1.87. The number of nitrogens with zero attached hydrogens (tertiary/aromatic N) is 2. The van der Waals surface area contributed by atoms with Crippen LogP contribution in [-0.4, -0.2) is 38.5 Å². The second kappa shape index (κ2) is 6.24. The van der Waals surface area contributed by atoms with Gasteiger partial charge in [0.1, 0.15) is 15.7 Å². The van der Waals surface area contributed by atoms with Gasteiger partial charge in [-0.15, -0.1) is 0 Å². The van der Waals surface area contributed by atoms with E-state index in [9.17, 15) is 8.42 Å². The van der Waals surface area contributed by atoms with Gasteiger partial charge in [-0.1, -0.05) is 17.7 Å². The minimum atomic E-state index is -2.91. The molecule has 2 heterocycles. The van der Waals surface area contributed by atoms with E-state index in [-0.39, 0.29) is 41.2 Å².